The first kappa shape index (κ1) is 26.0. The van der Waals surface area contributed by atoms with Gasteiger partial charge in [0.15, 0.2) is 22.7 Å². The van der Waals surface area contributed by atoms with Crippen molar-refractivity contribution >= 4 is 29.5 Å². The quantitative estimate of drug-likeness (QED) is 0.431. The normalized spacial score (nSPS) is 51.7. The molecule has 0 radical (unpaired) electrons. The lowest BCUT2D eigenvalue weighted by atomic mass is 9.44. The Morgan fingerprint density at radius 2 is 1.92 bits per heavy atom. The van der Waals surface area contributed by atoms with E-state index < -0.39 is 74.6 Å². The molecule has 6 unspecified atom stereocenters. The van der Waals surface area contributed by atoms with Crippen molar-refractivity contribution in [1.82, 2.24) is 0 Å². The van der Waals surface area contributed by atoms with E-state index in [0.29, 0.717) is 25.9 Å². The highest BCUT2D eigenvalue weighted by atomic mass is 32.1. The summed E-state index contributed by atoms with van der Waals surface area (Å²) in [7, 11) is 0. The molecule has 0 bridgehead atoms. The number of aliphatic hydroxyl groups excluding tert-OH is 1. The minimum atomic E-state index is -2.28. The minimum absolute atomic E-state index is 0.0386. The average molecular weight is 525 g/mol. The Balaban J connectivity index is 1.60. The monoisotopic (exact) mass is 524 g/mol. The highest BCUT2D eigenvalue weighted by molar-refractivity contribution is 7.96. The maximum Gasteiger partial charge on any atom is 0.339 e. The molecule has 3 saturated carbocycles. The molecule has 6 nitrogen and oxygen atoms in total. The van der Waals surface area contributed by atoms with Gasteiger partial charge in [-0.1, -0.05) is 19.9 Å². The zero-order chi connectivity index (χ0) is 26.5. The first-order valence-electron chi connectivity index (χ1n) is 12.7. The number of hydrogen-bond acceptors (Lipinski definition) is 6. The fourth-order valence-electron chi connectivity index (χ4n) is 8.43. The lowest BCUT2D eigenvalue weighted by Gasteiger charge is -2.63. The van der Waals surface area contributed by atoms with Crippen LogP contribution in [0.3, 0.4) is 0 Å². The first-order chi connectivity index (χ1) is 16.7. The summed E-state index contributed by atoms with van der Waals surface area (Å²) < 4.78 is 44.7. The number of halogens is 2. The Labute approximate surface area is 215 Å². The number of aliphatic hydroxyl groups is 1. The summed E-state index contributed by atoms with van der Waals surface area (Å²) in [5, 5.41) is 10.8. The third kappa shape index (κ3) is 2.99. The molecule has 0 aromatic carbocycles. The fraction of sp³-hybridized carbons (Fsp3) is 0.741. The molecule has 4 fully saturated rings. The first-order valence-corrected chi connectivity index (χ1v) is 13.2. The van der Waals surface area contributed by atoms with Gasteiger partial charge in [-0.05, 0) is 69.6 Å². The van der Waals surface area contributed by atoms with Gasteiger partial charge in [0.1, 0.15) is 6.17 Å². The molecular weight excluding hydrogens is 490 g/mol. The smallest absolute Gasteiger partial charge is 0.339 e. The SMILES string of the molecule is CC1C[C@H]2[C@@H]3CC(F)C4=CC(=O)C=C[C@]4(C)C3(F)C(O)C[C@]2(C)C1(OC(=O)C1(C)CCCO1)C(=O)S. The molecule has 0 aromatic heterocycles. The number of ether oxygens (including phenoxy) is 2. The van der Waals surface area contributed by atoms with E-state index in [9.17, 15) is 19.5 Å². The van der Waals surface area contributed by atoms with Crippen molar-refractivity contribution in [1.29, 1.82) is 0 Å². The largest absolute Gasteiger partial charge is 0.447 e. The van der Waals surface area contributed by atoms with Gasteiger partial charge < -0.3 is 14.6 Å². The molecule has 36 heavy (non-hydrogen) atoms. The van der Waals surface area contributed by atoms with Crippen LogP contribution in [0.4, 0.5) is 8.78 Å². The van der Waals surface area contributed by atoms with Crippen molar-refractivity contribution in [2.24, 2.45) is 28.6 Å². The van der Waals surface area contributed by atoms with E-state index in [1.54, 1.807) is 20.8 Å². The summed E-state index contributed by atoms with van der Waals surface area (Å²) in [6.07, 6.45) is 1.55. The number of allylic oxidation sites excluding steroid dienone is 4. The maximum atomic E-state index is 17.3. The van der Waals surface area contributed by atoms with E-state index in [-0.39, 0.29) is 18.4 Å². The van der Waals surface area contributed by atoms with Crippen LogP contribution in [-0.4, -0.2) is 57.7 Å². The van der Waals surface area contributed by atoms with E-state index in [1.165, 1.54) is 19.1 Å². The molecular formula is C27H34F2O6S. The zero-order valence-corrected chi connectivity index (χ0v) is 21.9. The molecule has 5 aliphatic rings. The van der Waals surface area contributed by atoms with Crippen LogP contribution in [0.15, 0.2) is 23.8 Å². The molecule has 9 heteroatoms. The predicted octanol–water partition coefficient (Wildman–Crippen LogP) is 3.86. The van der Waals surface area contributed by atoms with Crippen LogP contribution >= 0.6 is 12.6 Å². The number of carbonyl (C=O) groups is 3. The molecule has 1 aliphatic heterocycles. The molecule has 0 aromatic rings. The summed E-state index contributed by atoms with van der Waals surface area (Å²) in [6.45, 7) is 7.04. The predicted molar refractivity (Wildman–Crippen MR) is 130 cm³/mol. The highest BCUT2D eigenvalue weighted by Crippen LogP contribution is 2.72. The van der Waals surface area contributed by atoms with Crippen LogP contribution in [-0.2, 0) is 23.9 Å². The molecule has 4 aliphatic carbocycles. The second kappa shape index (κ2) is 7.96. The van der Waals surface area contributed by atoms with Crippen molar-refractivity contribution in [3.8, 4) is 0 Å². The van der Waals surface area contributed by atoms with Crippen molar-refractivity contribution in [3.63, 3.8) is 0 Å². The standard InChI is InChI=1S/C27H34F2O6S/c1-14-10-16-17-12-19(28)18-11-15(30)6-8-23(18,2)26(17,29)20(31)13-24(16,3)27(14,22(33)36)35-21(32)25(4)7-5-9-34-25/h6,8,11,14,16-17,19-20,31H,5,7,9-10,12-13H2,1-4H3,(H,33,36)/t14?,16-,17-,19?,20?,23-,24-,25?,26?,27?/m0/s1. The van der Waals surface area contributed by atoms with Crippen LogP contribution in [0.2, 0.25) is 0 Å². The molecule has 1 N–H and O–H groups in total. The molecule has 10 atom stereocenters. The Morgan fingerprint density at radius 1 is 1.22 bits per heavy atom. The van der Waals surface area contributed by atoms with Gasteiger partial charge in [-0.25, -0.2) is 13.6 Å². The van der Waals surface area contributed by atoms with Crippen LogP contribution in [0.1, 0.15) is 59.8 Å². The highest BCUT2D eigenvalue weighted by Gasteiger charge is 2.78. The van der Waals surface area contributed by atoms with Gasteiger partial charge in [0.25, 0.3) is 0 Å². The number of thiol groups is 1. The van der Waals surface area contributed by atoms with Gasteiger partial charge in [-0.15, -0.1) is 12.6 Å². The number of rotatable bonds is 3. The van der Waals surface area contributed by atoms with E-state index in [0.717, 1.165) is 6.08 Å². The second-order valence-electron chi connectivity index (χ2n) is 12.1. The van der Waals surface area contributed by atoms with Gasteiger partial charge in [0, 0.05) is 29.3 Å². The molecule has 198 valence electrons. The second-order valence-corrected chi connectivity index (χ2v) is 12.5. The number of ketones is 1. The summed E-state index contributed by atoms with van der Waals surface area (Å²) in [4.78, 5) is 38.6. The lowest BCUT2D eigenvalue weighted by Crippen LogP contribution is -2.71. The maximum absolute atomic E-state index is 17.3. The fourth-order valence-corrected chi connectivity index (χ4v) is 8.96. The van der Waals surface area contributed by atoms with Gasteiger partial charge in [-0.2, -0.15) is 0 Å². The number of carbonyl (C=O) groups excluding carboxylic acids is 3. The summed E-state index contributed by atoms with van der Waals surface area (Å²) in [5.74, 6) is -3.20. The molecule has 1 saturated heterocycles. The van der Waals surface area contributed by atoms with E-state index in [4.69, 9.17) is 9.47 Å². The molecule has 0 amide bonds. The van der Waals surface area contributed by atoms with E-state index >= 15 is 8.78 Å². The lowest BCUT2D eigenvalue weighted by molar-refractivity contribution is -0.233. The van der Waals surface area contributed by atoms with Gasteiger partial charge >= 0.3 is 5.97 Å². The van der Waals surface area contributed by atoms with Crippen molar-refractivity contribution in [3.05, 3.63) is 23.8 Å². The number of hydrogen-bond donors (Lipinski definition) is 2. The van der Waals surface area contributed by atoms with E-state index in [2.05, 4.69) is 12.6 Å². The molecule has 0 spiro atoms. The van der Waals surface area contributed by atoms with Crippen LogP contribution in [0.5, 0.6) is 0 Å². The van der Waals surface area contributed by atoms with Crippen molar-refractivity contribution in [2.45, 2.75) is 88.9 Å². The van der Waals surface area contributed by atoms with Crippen LogP contribution in [0.25, 0.3) is 0 Å². The van der Waals surface area contributed by atoms with Gasteiger partial charge in [0.2, 0.25) is 5.12 Å². The summed E-state index contributed by atoms with van der Waals surface area (Å²) >= 11 is 4.18. The van der Waals surface area contributed by atoms with Gasteiger partial charge in [0.05, 0.1) is 6.10 Å². The third-order valence-corrected chi connectivity index (χ3v) is 10.7. The minimum Gasteiger partial charge on any atom is -0.447 e. The Bertz CT molecular complexity index is 1080. The van der Waals surface area contributed by atoms with Crippen molar-refractivity contribution in [2.75, 3.05) is 6.61 Å². The van der Waals surface area contributed by atoms with Crippen molar-refractivity contribution < 1.29 is 37.7 Å². The third-order valence-electron chi connectivity index (χ3n) is 10.4. The molecule has 5 rings (SSSR count). The topological polar surface area (TPSA) is 89.9 Å². The summed E-state index contributed by atoms with van der Waals surface area (Å²) in [6, 6.07) is 0. The number of alkyl halides is 2. The number of fused-ring (bicyclic) bond motifs is 5. The Morgan fingerprint density at radius 3 is 2.53 bits per heavy atom. The average Bonchev–Trinajstić information content (AvgIpc) is 3.33. The van der Waals surface area contributed by atoms with Crippen LogP contribution in [0, 0.1) is 28.6 Å². The zero-order valence-electron chi connectivity index (χ0n) is 21.1. The number of esters is 1. The van der Waals surface area contributed by atoms with Crippen LogP contribution < -0.4 is 0 Å². The van der Waals surface area contributed by atoms with E-state index in [1.807, 2.05) is 0 Å². The Kier molecular flexibility index (Phi) is 5.76. The summed E-state index contributed by atoms with van der Waals surface area (Å²) in [5.41, 5.74) is -7.90. The van der Waals surface area contributed by atoms with Gasteiger partial charge in [-0.3, -0.25) is 9.59 Å². The molecule has 1 heterocycles. The Hall–Kier alpha value is -1.58.